The maximum absolute atomic E-state index is 11.4. The molecular weight excluding hydrogens is 404 g/mol. The monoisotopic (exact) mass is 422 g/mol. The van der Waals surface area contributed by atoms with Crippen molar-refractivity contribution < 1.29 is 28.2 Å². The van der Waals surface area contributed by atoms with Gasteiger partial charge in [-0.15, -0.1) is 0 Å². The maximum atomic E-state index is 11.4. The molecule has 0 saturated carbocycles. The molecule has 1 aromatic rings. The highest BCUT2D eigenvalue weighted by atomic mass is 79.9. The Morgan fingerprint density at radius 2 is 1.67 bits per heavy atom. The highest BCUT2D eigenvalue weighted by Crippen LogP contribution is 2.15. The smallest absolute Gasteiger partial charge is 0.414 e. The van der Waals surface area contributed by atoms with Gasteiger partial charge in [-0.25, -0.2) is 18.0 Å². The minimum atomic E-state index is -3.03. The van der Waals surface area contributed by atoms with E-state index in [-0.39, 0.29) is 0 Å². The predicted octanol–water partition coefficient (Wildman–Crippen LogP) is 0.682. The molecule has 1 aliphatic rings. The first kappa shape index (κ1) is 20.6. The Morgan fingerprint density at radius 3 is 2.08 bits per heavy atom. The number of nitrogens with zero attached hydrogens (tertiary/aromatic N) is 2. The van der Waals surface area contributed by atoms with Gasteiger partial charge in [0, 0.05) is 37.2 Å². The number of benzene rings is 1. The number of carbonyl (C=O) groups is 2. The first-order valence-corrected chi connectivity index (χ1v) is 9.62. The van der Waals surface area contributed by atoms with Crippen LogP contribution in [0.4, 0.5) is 0 Å². The summed E-state index contributed by atoms with van der Waals surface area (Å²) in [6, 6.07) is 8.22. The van der Waals surface area contributed by atoms with Gasteiger partial charge in [0.05, 0.1) is 6.26 Å². The first-order valence-electron chi connectivity index (χ1n) is 6.97. The van der Waals surface area contributed by atoms with Crippen LogP contribution in [0.1, 0.15) is 5.56 Å². The molecule has 1 aromatic carbocycles. The molecule has 0 amide bonds. The molecule has 2 N–H and O–H groups in total. The van der Waals surface area contributed by atoms with Crippen molar-refractivity contribution in [3.63, 3.8) is 0 Å². The SMILES string of the molecule is CS(=O)(=O)N1CCN(Cc2cccc(Br)c2)CC1.O=C(O)C(=O)O. The van der Waals surface area contributed by atoms with E-state index in [1.807, 2.05) is 12.1 Å². The Labute approximate surface area is 148 Å². The van der Waals surface area contributed by atoms with Gasteiger partial charge in [0.15, 0.2) is 0 Å². The number of aliphatic carboxylic acids is 2. The second-order valence-corrected chi connectivity index (χ2v) is 8.08. The quantitative estimate of drug-likeness (QED) is 0.687. The van der Waals surface area contributed by atoms with Gasteiger partial charge in [0.1, 0.15) is 0 Å². The molecule has 0 aromatic heterocycles. The van der Waals surface area contributed by atoms with E-state index in [9.17, 15) is 8.42 Å². The van der Waals surface area contributed by atoms with Crippen LogP contribution in [0.3, 0.4) is 0 Å². The molecule has 0 atom stereocenters. The average molecular weight is 423 g/mol. The number of hydrogen-bond donors (Lipinski definition) is 2. The van der Waals surface area contributed by atoms with Crippen molar-refractivity contribution in [1.82, 2.24) is 9.21 Å². The molecule has 2 rings (SSSR count). The highest BCUT2D eigenvalue weighted by molar-refractivity contribution is 9.10. The van der Waals surface area contributed by atoms with Gasteiger partial charge in [0.25, 0.3) is 0 Å². The number of rotatable bonds is 3. The van der Waals surface area contributed by atoms with E-state index in [0.29, 0.717) is 13.1 Å². The van der Waals surface area contributed by atoms with Gasteiger partial charge in [-0.2, -0.15) is 4.31 Å². The lowest BCUT2D eigenvalue weighted by molar-refractivity contribution is -0.159. The summed E-state index contributed by atoms with van der Waals surface area (Å²) in [6.45, 7) is 3.63. The molecule has 10 heteroatoms. The highest BCUT2D eigenvalue weighted by Gasteiger charge is 2.23. The summed E-state index contributed by atoms with van der Waals surface area (Å²) >= 11 is 3.46. The number of sulfonamides is 1. The van der Waals surface area contributed by atoms with Gasteiger partial charge in [-0.05, 0) is 17.7 Å². The van der Waals surface area contributed by atoms with Crippen LogP contribution in [0.25, 0.3) is 0 Å². The third kappa shape index (κ3) is 7.39. The zero-order valence-corrected chi connectivity index (χ0v) is 15.5. The fraction of sp³-hybridized carbons (Fsp3) is 0.429. The Kier molecular flexibility index (Phi) is 7.80. The Balaban J connectivity index is 0.000000413. The van der Waals surface area contributed by atoms with Gasteiger partial charge in [0.2, 0.25) is 10.0 Å². The topological polar surface area (TPSA) is 115 Å². The van der Waals surface area contributed by atoms with E-state index in [0.717, 1.165) is 24.1 Å². The molecule has 0 unspecified atom stereocenters. The molecule has 0 radical (unpaired) electrons. The number of carboxylic acid groups (broad SMARTS) is 2. The van der Waals surface area contributed by atoms with Crippen molar-refractivity contribution in [2.24, 2.45) is 0 Å². The predicted molar refractivity (Wildman–Crippen MR) is 91.1 cm³/mol. The lowest BCUT2D eigenvalue weighted by Crippen LogP contribution is -2.47. The summed E-state index contributed by atoms with van der Waals surface area (Å²) in [5.74, 6) is -3.65. The van der Waals surface area contributed by atoms with Gasteiger partial charge >= 0.3 is 11.9 Å². The maximum Gasteiger partial charge on any atom is 0.414 e. The summed E-state index contributed by atoms with van der Waals surface area (Å²) in [4.78, 5) is 20.5. The van der Waals surface area contributed by atoms with Crippen LogP contribution in [0.2, 0.25) is 0 Å². The van der Waals surface area contributed by atoms with Crippen LogP contribution in [0, 0.1) is 0 Å². The van der Waals surface area contributed by atoms with Crippen LogP contribution in [0.5, 0.6) is 0 Å². The lowest BCUT2D eigenvalue weighted by Gasteiger charge is -2.33. The molecule has 134 valence electrons. The van der Waals surface area contributed by atoms with E-state index < -0.39 is 22.0 Å². The fourth-order valence-electron chi connectivity index (χ4n) is 2.11. The third-order valence-corrected chi connectivity index (χ3v) is 5.07. The van der Waals surface area contributed by atoms with Crippen LogP contribution >= 0.6 is 15.9 Å². The number of hydrogen-bond acceptors (Lipinski definition) is 5. The van der Waals surface area contributed by atoms with Crippen molar-refractivity contribution in [2.75, 3.05) is 32.4 Å². The zero-order chi connectivity index (χ0) is 18.3. The molecule has 0 spiro atoms. The number of halogens is 1. The lowest BCUT2D eigenvalue weighted by atomic mass is 10.2. The molecule has 1 aliphatic heterocycles. The van der Waals surface area contributed by atoms with E-state index in [4.69, 9.17) is 19.8 Å². The second-order valence-electron chi connectivity index (χ2n) is 5.18. The third-order valence-electron chi connectivity index (χ3n) is 3.28. The molecule has 1 heterocycles. The van der Waals surface area contributed by atoms with Crippen molar-refractivity contribution in [1.29, 1.82) is 0 Å². The fourth-order valence-corrected chi connectivity index (χ4v) is 3.39. The Bertz CT molecular complexity index is 674. The molecule has 1 saturated heterocycles. The van der Waals surface area contributed by atoms with Crippen LogP contribution in [0.15, 0.2) is 28.7 Å². The van der Waals surface area contributed by atoms with E-state index in [1.54, 1.807) is 4.31 Å². The van der Waals surface area contributed by atoms with Crippen LogP contribution in [-0.4, -0.2) is 72.2 Å². The summed E-state index contributed by atoms with van der Waals surface area (Å²) in [6.07, 6.45) is 1.27. The summed E-state index contributed by atoms with van der Waals surface area (Å²) < 4.78 is 25.4. The normalized spacial score (nSPS) is 16.1. The standard InChI is InChI=1S/C12H17BrN2O2S.C2H2O4/c1-18(16,17)15-7-5-14(6-8-15)10-11-3-2-4-12(13)9-11;3-1(4)2(5)6/h2-4,9H,5-8,10H2,1H3;(H,3,4)(H,5,6). The summed E-state index contributed by atoms with van der Waals surface area (Å²) in [5, 5.41) is 14.8. The van der Waals surface area contributed by atoms with Gasteiger partial charge in [-0.3, -0.25) is 4.90 Å². The van der Waals surface area contributed by atoms with Crippen molar-refractivity contribution in [3.8, 4) is 0 Å². The van der Waals surface area contributed by atoms with Crippen LogP contribution in [-0.2, 0) is 26.2 Å². The molecule has 24 heavy (non-hydrogen) atoms. The second kappa shape index (κ2) is 9.11. The van der Waals surface area contributed by atoms with Gasteiger partial charge < -0.3 is 10.2 Å². The van der Waals surface area contributed by atoms with Gasteiger partial charge in [-0.1, -0.05) is 28.1 Å². The minimum Gasteiger partial charge on any atom is -0.473 e. The molecule has 1 fully saturated rings. The summed E-state index contributed by atoms with van der Waals surface area (Å²) in [7, 11) is -3.03. The van der Waals surface area contributed by atoms with Crippen molar-refractivity contribution in [2.45, 2.75) is 6.54 Å². The molecule has 8 nitrogen and oxygen atoms in total. The Morgan fingerprint density at radius 1 is 1.12 bits per heavy atom. The molecule has 0 bridgehead atoms. The molecule has 0 aliphatic carbocycles. The van der Waals surface area contributed by atoms with E-state index >= 15 is 0 Å². The first-order chi connectivity index (χ1) is 11.1. The van der Waals surface area contributed by atoms with E-state index in [2.05, 4.69) is 33.0 Å². The number of piperazine rings is 1. The summed E-state index contributed by atoms with van der Waals surface area (Å²) in [5.41, 5.74) is 1.25. The van der Waals surface area contributed by atoms with E-state index in [1.165, 1.54) is 11.8 Å². The minimum absolute atomic E-state index is 0.590. The largest absolute Gasteiger partial charge is 0.473 e. The molecular formula is C14H19BrN2O6S. The van der Waals surface area contributed by atoms with Crippen LogP contribution < -0.4 is 0 Å². The Hall–Kier alpha value is -1.49. The average Bonchev–Trinajstić information content (AvgIpc) is 2.47. The van der Waals surface area contributed by atoms with Crippen molar-refractivity contribution in [3.05, 3.63) is 34.3 Å². The number of carboxylic acids is 2. The zero-order valence-electron chi connectivity index (χ0n) is 13.1. The van der Waals surface area contributed by atoms with Crippen molar-refractivity contribution >= 4 is 37.9 Å².